The molecule has 2 aromatic rings. The van der Waals surface area contributed by atoms with Gasteiger partial charge in [-0.05, 0) is 41.1 Å². The van der Waals surface area contributed by atoms with Crippen LogP contribution in [0.1, 0.15) is 16.0 Å². The Kier molecular flexibility index (Phi) is 5.27. The molecule has 0 amide bonds. The molecule has 0 saturated heterocycles. The predicted molar refractivity (Wildman–Crippen MR) is 87.4 cm³/mol. The zero-order valence-electron chi connectivity index (χ0n) is 11.2. The first kappa shape index (κ1) is 16.3. The third-order valence-electron chi connectivity index (χ3n) is 3.62. The molecule has 2 heterocycles. The minimum Gasteiger partial charge on any atom is -0.480 e. The molecule has 3 rings (SSSR count). The van der Waals surface area contributed by atoms with Crippen LogP contribution in [0.2, 0.25) is 5.02 Å². The van der Waals surface area contributed by atoms with E-state index >= 15 is 0 Å². The Morgan fingerprint density at radius 3 is 2.86 bits per heavy atom. The first-order valence-electron chi connectivity index (χ1n) is 6.40. The molecule has 21 heavy (non-hydrogen) atoms. The number of aliphatic carboxylic acids is 1. The molecule has 1 atom stereocenters. The van der Waals surface area contributed by atoms with Crippen LogP contribution >= 0.6 is 35.3 Å². The van der Waals surface area contributed by atoms with E-state index in [9.17, 15) is 9.90 Å². The highest BCUT2D eigenvalue weighted by atomic mass is 35.5. The smallest absolute Gasteiger partial charge is 0.321 e. The number of carboxylic acids is 1. The lowest BCUT2D eigenvalue weighted by Crippen LogP contribution is -2.44. The molecule has 0 fully saturated rings. The molecular weight excluding hydrogens is 329 g/mol. The second kappa shape index (κ2) is 6.79. The summed E-state index contributed by atoms with van der Waals surface area (Å²) < 4.78 is 0. The fourth-order valence-corrected chi connectivity index (χ4v) is 3.54. The number of nitrogens with zero attached hydrogens (tertiary/aromatic N) is 1. The molecular formula is C15H15Cl2NO2S. The van der Waals surface area contributed by atoms with Crippen LogP contribution in [-0.2, 0) is 24.3 Å². The maximum Gasteiger partial charge on any atom is 0.321 e. The van der Waals surface area contributed by atoms with Gasteiger partial charge in [-0.3, -0.25) is 9.69 Å². The summed E-state index contributed by atoms with van der Waals surface area (Å²) in [6.07, 6.45) is 0.535. The molecule has 1 aliphatic rings. The van der Waals surface area contributed by atoms with Gasteiger partial charge in [0.15, 0.2) is 0 Å². The van der Waals surface area contributed by atoms with E-state index < -0.39 is 12.0 Å². The quantitative estimate of drug-likeness (QED) is 0.920. The van der Waals surface area contributed by atoms with Crippen molar-refractivity contribution in [2.45, 2.75) is 25.6 Å². The summed E-state index contributed by atoms with van der Waals surface area (Å²) in [6, 6.07) is 9.27. The number of rotatable bonds is 3. The molecule has 1 N–H and O–H groups in total. The molecule has 0 aliphatic carbocycles. The monoisotopic (exact) mass is 343 g/mol. The van der Waals surface area contributed by atoms with Gasteiger partial charge >= 0.3 is 5.97 Å². The first-order chi connectivity index (χ1) is 9.63. The molecule has 0 bridgehead atoms. The van der Waals surface area contributed by atoms with Crippen molar-refractivity contribution in [2.24, 2.45) is 0 Å². The van der Waals surface area contributed by atoms with E-state index in [-0.39, 0.29) is 12.4 Å². The molecule has 6 heteroatoms. The number of carboxylic acid groups (broad SMARTS) is 1. The molecule has 1 aromatic heterocycles. The van der Waals surface area contributed by atoms with Gasteiger partial charge in [0.05, 0.1) is 0 Å². The van der Waals surface area contributed by atoms with Crippen molar-refractivity contribution in [2.75, 3.05) is 0 Å². The van der Waals surface area contributed by atoms with Crippen LogP contribution < -0.4 is 0 Å². The normalized spacial score (nSPS) is 17.9. The Labute approximate surface area is 138 Å². The highest BCUT2D eigenvalue weighted by Crippen LogP contribution is 2.28. The van der Waals surface area contributed by atoms with Crippen LogP contribution in [0.4, 0.5) is 0 Å². The largest absolute Gasteiger partial charge is 0.480 e. The minimum absolute atomic E-state index is 0. The molecule has 0 saturated carbocycles. The van der Waals surface area contributed by atoms with Gasteiger partial charge in [-0.2, -0.15) is 0 Å². The van der Waals surface area contributed by atoms with E-state index in [0.29, 0.717) is 24.5 Å². The van der Waals surface area contributed by atoms with Crippen LogP contribution in [0.25, 0.3) is 0 Å². The average Bonchev–Trinajstić information content (AvgIpc) is 2.90. The number of fused-ring (bicyclic) bond motifs is 1. The Hall–Kier alpha value is -1.07. The third-order valence-corrected chi connectivity index (χ3v) is 4.72. The van der Waals surface area contributed by atoms with E-state index in [0.717, 1.165) is 11.1 Å². The standard InChI is InChI=1S/C15H14ClNO2S.ClH/c16-12-4-3-10-7-14(15(18)19)17(8-11(10)6-12)9-13-2-1-5-20-13;/h1-6,14H,7-9H2,(H,18,19);1H. The number of halogens is 2. The summed E-state index contributed by atoms with van der Waals surface area (Å²) >= 11 is 7.69. The maximum absolute atomic E-state index is 11.5. The minimum atomic E-state index is -0.762. The zero-order chi connectivity index (χ0) is 14.1. The Morgan fingerprint density at radius 1 is 1.38 bits per heavy atom. The lowest BCUT2D eigenvalue weighted by Gasteiger charge is -2.34. The second-order valence-electron chi connectivity index (χ2n) is 4.96. The van der Waals surface area contributed by atoms with Crippen molar-refractivity contribution in [3.63, 3.8) is 0 Å². The van der Waals surface area contributed by atoms with E-state index in [4.69, 9.17) is 11.6 Å². The van der Waals surface area contributed by atoms with E-state index in [1.807, 2.05) is 40.6 Å². The molecule has 112 valence electrons. The Bertz CT molecular complexity index is 631. The summed E-state index contributed by atoms with van der Waals surface area (Å²) in [6.45, 7) is 1.30. The van der Waals surface area contributed by atoms with Crippen LogP contribution in [0.5, 0.6) is 0 Å². The second-order valence-corrected chi connectivity index (χ2v) is 6.42. The van der Waals surface area contributed by atoms with Crippen molar-refractivity contribution in [3.05, 3.63) is 56.7 Å². The highest BCUT2D eigenvalue weighted by molar-refractivity contribution is 7.09. The SMILES string of the molecule is Cl.O=C(O)C1Cc2ccc(Cl)cc2CN1Cc1cccs1. The number of hydrogen-bond acceptors (Lipinski definition) is 3. The van der Waals surface area contributed by atoms with Crippen molar-refractivity contribution in [1.29, 1.82) is 0 Å². The van der Waals surface area contributed by atoms with Gasteiger partial charge in [-0.15, -0.1) is 23.7 Å². The van der Waals surface area contributed by atoms with E-state index in [2.05, 4.69) is 0 Å². The number of thiophene rings is 1. The molecule has 1 aromatic carbocycles. The topological polar surface area (TPSA) is 40.5 Å². The fraction of sp³-hybridized carbons (Fsp3) is 0.267. The number of benzene rings is 1. The van der Waals surface area contributed by atoms with E-state index in [1.165, 1.54) is 4.88 Å². The summed E-state index contributed by atoms with van der Waals surface area (Å²) in [5.74, 6) is -0.762. The lowest BCUT2D eigenvalue weighted by atomic mass is 9.94. The van der Waals surface area contributed by atoms with Gasteiger partial charge in [0.25, 0.3) is 0 Å². The lowest BCUT2D eigenvalue weighted by molar-refractivity contribution is -0.144. The summed E-state index contributed by atoms with van der Waals surface area (Å²) in [7, 11) is 0. The molecule has 0 radical (unpaired) electrons. The predicted octanol–water partition coefficient (Wildman–Crippen LogP) is 3.83. The van der Waals surface area contributed by atoms with E-state index in [1.54, 1.807) is 11.3 Å². The molecule has 3 nitrogen and oxygen atoms in total. The van der Waals surface area contributed by atoms with Crippen molar-refractivity contribution >= 4 is 41.3 Å². The number of hydrogen-bond donors (Lipinski definition) is 1. The maximum atomic E-state index is 11.5. The molecule has 1 unspecified atom stereocenters. The summed E-state index contributed by atoms with van der Waals surface area (Å²) in [5, 5.41) is 12.2. The van der Waals surface area contributed by atoms with Gasteiger partial charge in [0.2, 0.25) is 0 Å². The molecule has 1 aliphatic heterocycles. The molecule has 0 spiro atoms. The van der Waals surface area contributed by atoms with Crippen LogP contribution in [0.15, 0.2) is 35.7 Å². The zero-order valence-corrected chi connectivity index (χ0v) is 13.5. The van der Waals surface area contributed by atoms with Crippen molar-refractivity contribution < 1.29 is 9.90 Å². The Morgan fingerprint density at radius 2 is 2.19 bits per heavy atom. The van der Waals surface area contributed by atoms with Gasteiger partial charge < -0.3 is 5.11 Å². The van der Waals surface area contributed by atoms with Crippen molar-refractivity contribution in [3.8, 4) is 0 Å². The van der Waals surface area contributed by atoms with Gasteiger partial charge in [0.1, 0.15) is 6.04 Å². The van der Waals surface area contributed by atoms with Gasteiger partial charge in [-0.1, -0.05) is 23.7 Å². The average molecular weight is 344 g/mol. The van der Waals surface area contributed by atoms with Crippen LogP contribution in [0.3, 0.4) is 0 Å². The van der Waals surface area contributed by atoms with Crippen LogP contribution in [0, 0.1) is 0 Å². The summed E-state index contributed by atoms with van der Waals surface area (Å²) in [4.78, 5) is 14.7. The third kappa shape index (κ3) is 3.58. The number of carbonyl (C=O) groups is 1. The summed E-state index contributed by atoms with van der Waals surface area (Å²) in [5.41, 5.74) is 2.22. The Balaban J connectivity index is 0.00000161. The first-order valence-corrected chi connectivity index (χ1v) is 7.66. The van der Waals surface area contributed by atoms with Crippen LogP contribution in [-0.4, -0.2) is 22.0 Å². The van der Waals surface area contributed by atoms with Gasteiger partial charge in [-0.25, -0.2) is 0 Å². The van der Waals surface area contributed by atoms with Gasteiger partial charge in [0, 0.05) is 23.0 Å². The fourth-order valence-electron chi connectivity index (χ4n) is 2.62. The van der Waals surface area contributed by atoms with Crippen molar-refractivity contribution in [1.82, 2.24) is 4.90 Å². The highest BCUT2D eigenvalue weighted by Gasteiger charge is 2.31.